The van der Waals surface area contributed by atoms with Gasteiger partial charge in [0.1, 0.15) is 0 Å². The van der Waals surface area contributed by atoms with Crippen molar-refractivity contribution < 1.29 is 4.79 Å². The standard InChI is InChI=1S/C17H15ClN2OS/c18-13-7-5-12(6-8-13)9-20-10-16(22-11-17(19)21)14-3-1-2-4-15(14)20/h1-8,10H,9,11H2,(H2,19,21). The van der Waals surface area contributed by atoms with E-state index in [0.29, 0.717) is 0 Å². The normalized spacial score (nSPS) is 11.0. The van der Waals surface area contributed by atoms with Crippen molar-refractivity contribution in [2.24, 2.45) is 5.73 Å². The number of amides is 1. The number of para-hydroxylation sites is 1. The van der Waals surface area contributed by atoms with E-state index in [9.17, 15) is 4.79 Å². The summed E-state index contributed by atoms with van der Waals surface area (Å²) < 4.78 is 2.18. The fourth-order valence-corrected chi connectivity index (χ4v) is 3.35. The van der Waals surface area contributed by atoms with Crippen LogP contribution < -0.4 is 5.73 Å². The molecule has 112 valence electrons. The second-order valence-electron chi connectivity index (χ2n) is 5.02. The first kappa shape index (κ1) is 15.0. The summed E-state index contributed by atoms with van der Waals surface area (Å²) in [6, 6.07) is 16.0. The maximum absolute atomic E-state index is 11.0. The van der Waals surface area contributed by atoms with Gasteiger partial charge in [-0.3, -0.25) is 4.79 Å². The molecule has 5 heteroatoms. The number of thioether (sulfide) groups is 1. The third kappa shape index (κ3) is 3.29. The zero-order valence-corrected chi connectivity index (χ0v) is 13.4. The highest BCUT2D eigenvalue weighted by molar-refractivity contribution is 8.00. The van der Waals surface area contributed by atoms with Crippen LogP contribution in [0.25, 0.3) is 10.9 Å². The maximum atomic E-state index is 11.0. The van der Waals surface area contributed by atoms with Gasteiger partial charge in [0.15, 0.2) is 0 Å². The molecule has 0 aliphatic rings. The van der Waals surface area contributed by atoms with Crippen LogP contribution >= 0.6 is 23.4 Å². The lowest BCUT2D eigenvalue weighted by Gasteiger charge is -2.05. The fraction of sp³-hybridized carbons (Fsp3) is 0.118. The molecule has 1 amide bonds. The second-order valence-corrected chi connectivity index (χ2v) is 6.47. The molecule has 0 atom stereocenters. The molecule has 0 saturated heterocycles. The number of nitrogens with zero attached hydrogens (tertiary/aromatic N) is 1. The van der Waals surface area contributed by atoms with E-state index < -0.39 is 0 Å². The maximum Gasteiger partial charge on any atom is 0.227 e. The summed E-state index contributed by atoms with van der Waals surface area (Å²) in [7, 11) is 0. The van der Waals surface area contributed by atoms with Crippen LogP contribution in [0, 0.1) is 0 Å². The molecule has 0 aliphatic carbocycles. The van der Waals surface area contributed by atoms with E-state index >= 15 is 0 Å². The van der Waals surface area contributed by atoms with Crippen molar-refractivity contribution in [3.63, 3.8) is 0 Å². The van der Waals surface area contributed by atoms with Gasteiger partial charge in [-0.15, -0.1) is 11.8 Å². The first-order chi connectivity index (χ1) is 10.6. The number of aromatic nitrogens is 1. The number of fused-ring (bicyclic) bond motifs is 1. The number of hydrogen-bond acceptors (Lipinski definition) is 2. The number of hydrogen-bond donors (Lipinski definition) is 1. The Balaban J connectivity index is 1.95. The Bertz CT molecular complexity index is 811. The third-order valence-corrected chi connectivity index (χ3v) is 4.71. The monoisotopic (exact) mass is 330 g/mol. The van der Waals surface area contributed by atoms with Crippen molar-refractivity contribution in [3.05, 3.63) is 65.3 Å². The Morgan fingerprint density at radius 2 is 1.86 bits per heavy atom. The van der Waals surface area contributed by atoms with E-state index in [0.717, 1.165) is 27.4 Å². The molecule has 2 aromatic carbocycles. The topological polar surface area (TPSA) is 48.0 Å². The van der Waals surface area contributed by atoms with Crippen LogP contribution in [0.4, 0.5) is 0 Å². The van der Waals surface area contributed by atoms with Crippen LogP contribution in [-0.2, 0) is 11.3 Å². The summed E-state index contributed by atoms with van der Waals surface area (Å²) in [4.78, 5) is 12.1. The lowest BCUT2D eigenvalue weighted by Crippen LogP contribution is -2.12. The molecule has 0 aliphatic heterocycles. The lowest BCUT2D eigenvalue weighted by molar-refractivity contribution is -0.115. The summed E-state index contributed by atoms with van der Waals surface area (Å²) in [6.07, 6.45) is 2.08. The molecule has 1 heterocycles. The molecule has 1 aromatic heterocycles. The van der Waals surface area contributed by atoms with Gasteiger partial charge in [-0.05, 0) is 23.8 Å². The predicted molar refractivity (Wildman–Crippen MR) is 92.4 cm³/mol. The molecule has 3 nitrogen and oxygen atoms in total. The van der Waals surface area contributed by atoms with Crippen molar-refractivity contribution in [2.75, 3.05) is 5.75 Å². The first-order valence-corrected chi connectivity index (χ1v) is 8.23. The molecule has 0 saturated carbocycles. The minimum atomic E-state index is -0.306. The van der Waals surface area contributed by atoms with Gasteiger partial charge >= 0.3 is 0 Å². The van der Waals surface area contributed by atoms with Gasteiger partial charge in [0.25, 0.3) is 0 Å². The van der Waals surface area contributed by atoms with Crippen LogP contribution in [0.3, 0.4) is 0 Å². The van der Waals surface area contributed by atoms with Gasteiger partial charge in [-0.2, -0.15) is 0 Å². The summed E-state index contributed by atoms with van der Waals surface area (Å²) in [5.74, 6) is -0.0193. The Morgan fingerprint density at radius 1 is 1.14 bits per heavy atom. The zero-order chi connectivity index (χ0) is 15.5. The molecule has 3 aromatic rings. The molecule has 0 radical (unpaired) electrons. The summed E-state index contributed by atoms with van der Waals surface area (Å²) in [5, 5.41) is 1.88. The summed E-state index contributed by atoms with van der Waals surface area (Å²) >= 11 is 7.41. The van der Waals surface area contributed by atoms with Crippen LogP contribution in [0.1, 0.15) is 5.56 Å². The van der Waals surface area contributed by atoms with Crippen molar-refractivity contribution >= 4 is 40.2 Å². The second kappa shape index (κ2) is 6.46. The van der Waals surface area contributed by atoms with E-state index in [-0.39, 0.29) is 11.7 Å². The summed E-state index contributed by atoms with van der Waals surface area (Å²) in [5.41, 5.74) is 7.57. The quantitative estimate of drug-likeness (QED) is 0.721. The van der Waals surface area contributed by atoms with Gasteiger partial charge in [-0.1, -0.05) is 41.9 Å². The van der Waals surface area contributed by atoms with E-state index in [1.165, 1.54) is 17.3 Å². The highest BCUT2D eigenvalue weighted by Crippen LogP contribution is 2.30. The van der Waals surface area contributed by atoms with E-state index in [4.69, 9.17) is 17.3 Å². The Kier molecular flexibility index (Phi) is 4.41. The number of nitrogens with two attached hydrogens (primary N) is 1. The SMILES string of the molecule is NC(=O)CSc1cn(Cc2ccc(Cl)cc2)c2ccccc12. The van der Waals surface area contributed by atoms with E-state index in [1.54, 1.807) is 0 Å². The van der Waals surface area contributed by atoms with Crippen LogP contribution in [0.5, 0.6) is 0 Å². The van der Waals surface area contributed by atoms with E-state index in [1.807, 2.05) is 36.4 Å². The Labute approximate surface area is 138 Å². The molecule has 0 unspecified atom stereocenters. The van der Waals surface area contributed by atoms with Crippen molar-refractivity contribution in [1.82, 2.24) is 4.57 Å². The number of carbonyl (C=O) groups excluding carboxylic acids is 1. The zero-order valence-electron chi connectivity index (χ0n) is 11.8. The molecular formula is C17H15ClN2OS. The minimum absolute atomic E-state index is 0.287. The van der Waals surface area contributed by atoms with Crippen molar-refractivity contribution in [1.29, 1.82) is 0 Å². The number of rotatable bonds is 5. The predicted octanol–water partition coefficient (Wildman–Crippen LogP) is 3.92. The highest BCUT2D eigenvalue weighted by Gasteiger charge is 2.10. The number of benzene rings is 2. The average Bonchev–Trinajstić information content (AvgIpc) is 2.86. The van der Waals surface area contributed by atoms with Crippen LogP contribution in [0.15, 0.2) is 59.6 Å². The van der Waals surface area contributed by atoms with Crippen molar-refractivity contribution in [3.8, 4) is 0 Å². The largest absolute Gasteiger partial charge is 0.369 e. The number of primary amides is 1. The molecule has 0 fully saturated rings. The van der Waals surface area contributed by atoms with Gasteiger partial charge in [0.05, 0.1) is 5.75 Å². The molecule has 0 bridgehead atoms. The first-order valence-electron chi connectivity index (χ1n) is 6.87. The average molecular weight is 331 g/mol. The fourth-order valence-electron chi connectivity index (χ4n) is 2.39. The van der Waals surface area contributed by atoms with Crippen molar-refractivity contribution in [2.45, 2.75) is 11.4 Å². The smallest absolute Gasteiger partial charge is 0.227 e. The van der Waals surface area contributed by atoms with E-state index in [2.05, 4.69) is 22.9 Å². The summed E-state index contributed by atoms with van der Waals surface area (Å²) in [6.45, 7) is 0.759. The Hall–Kier alpha value is -1.91. The lowest BCUT2D eigenvalue weighted by atomic mass is 10.2. The minimum Gasteiger partial charge on any atom is -0.369 e. The molecule has 22 heavy (non-hydrogen) atoms. The molecule has 2 N–H and O–H groups in total. The highest BCUT2D eigenvalue weighted by atomic mass is 35.5. The van der Waals surface area contributed by atoms with Gasteiger partial charge in [0, 0.05) is 33.6 Å². The molecule has 3 rings (SSSR count). The van der Waals surface area contributed by atoms with Gasteiger partial charge in [0.2, 0.25) is 5.91 Å². The third-order valence-electron chi connectivity index (χ3n) is 3.39. The van der Waals surface area contributed by atoms with Gasteiger partial charge < -0.3 is 10.3 Å². The Morgan fingerprint density at radius 3 is 2.59 bits per heavy atom. The number of carbonyl (C=O) groups is 1. The van der Waals surface area contributed by atoms with Crippen LogP contribution in [-0.4, -0.2) is 16.2 Å². The molecule has 0 spiro atoms. The van der Waals surface area contributed by atoms with Gasteiger partial charge in [-0.25, -0.2) is 0 Å². The van der Waals surface area contributed by atoms with Crippen LogP contribution in [0.2, 0.25) is 5.02 Å². The molecular weight excluding hydrogens is 316 g/mol. The number of halogens is 1.